The lowest BCUT2D eigenvalue weighted by molar-refractivity contribution is -0.117. The number of fused-ring (bicyclic) bond motifs is 1. The molecule has 0 saturated heterocycles. The molecule has 0 bridgehead atoms. The molecule has 1 atom stereocenters. The van der Waals surface area contributed by atoms with Crippen LogP contribution in [0.4, 0.5) is 5.69 Å². The highest BCUT2D eigenvalue weighted by molar-refractivity contribution is 6.21. The van der Waals surface area contributed by atoms with E-state index < -0.39 is 23.5 Å². The smallest absolute Gasteiger partial charge is 0.294 e. The van der Waals surface area contributed by atoms with Gasteiger partial charge in [0.15, 0.2) is 22.9 Å². The van der Waals surface area contributed by atoms with Crippen LogP contribution in [-0.4, -0.2) is 29.0 Å². The number of rotatable bonds is 5. The van der Waals surface area contributed by atoms with Crippen LogP contribution >= 0.6 is 0 Å². The number of hydrogen-bond donors (Lipinski definition) is 2. The lowest BCUT2D eigenvalue weighted by Crippen LogP contribution is -2.31. The van der Waals surface area contributed by atoms with E-state index in [1.807, 2.05) is 0 Å². The Morgan fingerprint density at radius 2 is 1.91 bits per heavy atom. The number of phenolic OH excluding ortho intramolecular Hbond substituents is 1. The fourth-order valence-electron chi connectivity index (χ4n) is 4.07. The highest BCUT2D eigenvalue weighted by Crippen LogP contribution is 2.45. The van der Waals surface area contributed by atoms with Crippen LogP contribution in [0.2, 0.25) is 0 Å². The average Bonchev–Trinajstić information content (AvgIpc) is 3.54. The Hall–Kier alpha value is -4.46. The molecule has 8 heteroatoms. The number of carbonyl (C=O) groups excluding carboxylic acids is 2. The van der Waals surface area contributed by atoms with Crippen molar-refractivity contribution in [2.24, 2.45) is 0 Å². The molecule has 0 spiro atoms. The Morgan fingerprint density at radius 3 is 2.64 bits per heavy atom. The van der Waals surface area contributed by atoms with Crippen LogP contribution in [-0.2, 0) is 4.79 Å². The number of nitrogens with zero attached hydrogens (tertiary/aromatic N) is 1. The summed E-state index contributed by atoms with van der Waals surface area (Å²) in [6.07, 6.45) is 1.40. The summed E-state index contributed by atoms with van der Waals surface area (Å²) < 4.78 is 16.6. The third-order valence-electron chi connectivity index (χ3n) is 5.61. The first-order chi connectivity index (χ1) is 15.9. The van der Waals surface area contributed by atoms with E-state index in [9.17, 15) is 19.8 Å². The monoisotopic (exact) mass is 445 g/mol. The number of amides is 1. The molecule has 33 heavy (non-hydrogen) atoms. The minimum Gasteiger partial charge on any atom is -0.506 e. The van der Waals surface area contributed by atoms with Crippen LogP contribution < -0.4 is 9.64 Å². The maximum Gasteiger partial charge on any atom is 0.294 e. The van der Waals surface area contributed by atoms with Gasteiger partial charge in [0.25, 0.3) is 5.91 Å². The van der Waals surface area contributed by atoms with Gasteiger partial charge < -0.3 is 23.8 Å². The molecule has 4 aromatic rings. The number of hydrogen-bond acceptors (Lipinski definition) is 7. The molecule has 0 radical (unpaired) electrons. The van der Waals surface area contributed by atoms with Crippen molar-refractivity contribution in [2.75, 3.05) is 12.0 Å². The van der Waals surface area contributed by atoms with Crippen molar-refractivity contribution >= 4 is 28.3 Å². The van der Waals surface area contributed by atoms with Gasteiger partial charge in [-0.2, -0.15) is 0 Å². The molecule has 0 aliphatic carbocycles. The van der Waals surface area contributed by atoms with Gasteiger partial charge in [-0.1, -0.05) is 18.2 Å². The van der Waals surface area contributed by atoms with Crippen molar-refractivity contribution in [3.8, 4) is 11.5 Å². The van der Waals surface area contributed by atoms with Gasteiger partial charge in [-0.25, -0.2) is 0 Å². The number of aryl methyl sites for hydroxylation is 1. The summed E-state index contributed by atoms with van der Waals surface area (Å²) >= 11 is 0. The maximum atomic E-state index is 13.6. The van der Waals surface area contributed by atoms with Crippen molar-refractivity contribution < 1.29 is 33.4 Å². The zero-order valence-corrected chi connectivity index (χ0v) is 17.7. The number of furan rings is 2. The van der Waals surface area contributed by atoms with Crippen molar-refractivity contribution in [1.82, 2.24) is 0 Å². The van der Waals surface area contributed by atoms with E-state index >= 15 is 0 Å². The summed E-state index contributed by atoms with van der Waals surface area (Å²) in [6, 6.07) is 13.5. The standard InChI is InChI=1S/C25H19NO7/c1-13-8-9-16(27)15(11-13)26-21(17-7-4-10-32-17)20(23(29)25(26)30)22(28)19-12-14-5-3-6-18(31-2)24(14)33-19/h3-12,21,27,29H,1-2H3. The molecular weight excluding hydrogens is 426 g/mol. The zero-order valence-electron chi connectivity index (χ0n) is 17.7. The van der Waals surface area contributed by atoms with Crippen LogP contribution in [0.25, 0.3) is 11.0 Å². The Morgan fingerprint density at radius 1 is 1.09 bits per heavy atom. The van der Waals surface area contributed by atoms with Crippen molar-refractivity contribution in [3.63, 3.8) is 0 Å². The van der Waals surface area contributed by atoms with Crippen LogP contribution in [0.3, 0.4) is 0 Å². The summed E-state index contributed by atoms with van der Waals surface area (Å²) in [5.41, 5.74) is 1.07. The molecule has 1 amide bonds. The lowest BCUT2D eigenvalue weighted by atomic mass is 9.99. The third-order valence-corrected chi connectivity index (χ3v) is 5.61. The Bertz CT molecular complexity index is 1430. The van der Waals surface area contributed by atoms with E-state index in [0.29, 0.717) is 16.7 Å². The van der Waals surface area contributed by atoms with E-state index in [2.05, 4.69) is 0 Å². The van der Waals surface area contributed by atoms with Gasteiger partial charge in [-0.15, -0.1) is 0 Å². The number of phenols is 1. The average molecular weight is 445 g/mol. The molecule has 0 fully saturated rings. The third kappa shape index (κ3) is 3.15. The highest BCUT2D eigenvalue weighted by atomic mass is 16.5. The van der Waals surface area contributed by atoms with E-state index in [4.69, 9.17) is 13.6 Å². The number of benzene rings is 2. The van der Waals surface area contributed by atoms with E-state index in [1.54, 1.807) is 49.4 Å². The highest BCUT2D eigenvalue weighted by Gasteiger charge is 2.47. The SMILES string of the molecule is COc1cccc2cc(C(=O)C3=C(O)C(=O)N(c4cc(C)ccc4O)C3c3ccco3)oc12. The first kappa shape index (κ1) is 20.4. The molecule has 8 nitrogen and oxygen atoms in total. The second kappa shape index (κ2) is 7.59. The fourth-order valence-corrected chi connectivity index (χ4v) is 4.07. The molecule has 0 saturated carbocycles. The van der Waals surface area contributed by atoms with Gasteiger partial charge >= 0.3 is 0 Å². The first-order valence-electron chi connectivity index (χ1n) is 10.1. The number of aromatic hydroxyl groups is 1. The predicted octanol–water partition coefficient (Wildman–Crippen LogP) is 4.83. The Labute approximate surface area is 187 Å². The van der Waals surface area contributed by atoms with Gasteiger partial charge in [0.2, 0.25) is 5.78 Å². The van der Waals surface area contributed by atoms with E-state index in [1.165, 1.54) is 25.5 Å². The molecule has 3 heterocycles. The molecular formula is C25H19NO7. The van der Waals surface area contributed by atoms with Crippen LogP contribution in [0.15, 0.2) is 81.0 Å². The Balaban J connectivity index is 1.66. The Kier molecular flexibility index (Phi) is 4.70. The van der Waals surface area contributed by atoms with Crippen molar-refractivity contribution in [1.29, 1.82) is 0 Å². The molecule has 1 aliphatic heterocycles. The molecule has 1 aliphatic rings. The van der Waals surface area contributed by atoms with Crippen LogP contribution in [0, 0.1) is 6.92 Å². The largest absolute Gasteiger partial charge is 0.506 e. The number of Topliss-reactive ketones (excluding diaryl/α,β-unsaturated/α-hetero) is 1. The van der Waals surface area contributed by atoms with Gasteiger partial charge in [-0.3, -0.25) is 14.5 Å². The number of aliphatic hydroxyl groups excluding tert-OH is 1. The summed E-state index contributed by atoms with van der Waals surface area (Å²) in [6.45, 7) is 1.80. The number of carbonyl (C=O) groups is 2. The predicted molar refractivity (Wildman–Crippen MR) is 119 cm³/mol. The van der Waals surface area contributed by atoms with Gasteiger partial charge in [0.1, 0.15) is 17.6 Å². The zero-order chi connectivity index (χ0) is 23.3. The number of ether oxygens (including phenoxy) is 1. The van der Waals surface area contributed by atoms with Gasteiger partial charge in [0, 0.05) is 5.39 Å². The van der Waals surface area contributed by atoms with Crippen molar-refractivity contribution in [3.05, 3.63) is 89.3 Å². The normalized spacial score (nSPS) is 16.1. The minimum absolute atomic E-state index is 0.0734. The topological polar surface area (TPSA) is 113 Å². The molecule has 1 unspecified atom stereocenters. The molecule has 166 valence electrons. The number of ketones is 1. The number of anilines is 1. The second-order valence-corrected chi connectivity index (χ2v) is 7.67. The number of para-hydroxylation sites is 1. The number of aliphatic hydroxyl groups is 1. The minimum atomic E-state index is -1.11. The first-order valence-corrected chi connectivity index (χ1v) is 10.1. The van der Waals surface area contributed by atoms with Crippen LogP contribution in [0.1, 0.15) is 27.9 Å². The summed E-state index contributed by atoms with van der Waals surface area (Å²) in [5.74, 6) is -1.83. The summed E-state index contributed by atoms with van der Waals surface area (Å²) in [4.78, 5) is 27.9. The molecule has 2 N–H and O–H groups in total. The fraction of sp³-hybridized carbons (Fsp3) is 0.120. The summed E-state index contributed by atoms with van der Waals surface area (Å²) in [5, 5.41) is 21.9. The van der Waals surface area contributed by atoms with E-state index in [-0.39, 0.29) is 28.5 Å². The molecule has 2 aromatic carbocycles. The van der Waals surface area contributed by atoms with E-state index in [0.717, 1.165) is 10.5 Å². The summed E-state index contributed by atoms with van der Waals surface area (Å²) in [7, 11) is 1.49. The molecule has 5 rings (SSSR count). The molecule has 2 aromatic heterocycles. The van der Waals surface area contributed by atoms with Gasteiger partial charge in [0.05, 0.1) is 24.6 Å². The second-order valence-electron chi connectivity index (χ2n) is 7.67. The van der Waals surface area contributed by atoms with Crippen LogP contribution in [0.5, 0.6) is 11.5 Å². The van der Waals surface area contributed by atoms with Crippen molar-refractivity contribution in [2.45, 2.75) is 13.0 Å². The maximum absolute atomic E-state index is 13.6. The lowest BCUT2D eigenvalue weighted by Gasteiger charge is -2.25. The number of methoxy groups -OCH3 is 1. The quantitative estimate of drug-likeness (QED) is 0.423. The van der Waals surface area contributed by atoms with Gasteiger partial charge in [-0.05, 0) is 48.9 Å².